The third-order valence-electron chi connectivity index (χ3n) is 5.87. The molecule has 0 unspecified atom stereocenters. The van der Waals surface area contributed by atoms with Crippen LogP contribution in [0, 0.1) is 5.82 Å². The van der Waals surface area contributed by atoms with Crippen LogP contribution in [-0.4, -0.2) is 56.3 Å². The first kappa shape index (κ1) is 25.4. The second-order valence-corrected chi connectivity index (χ2v) is 11.0. The van der Waals surface area contributed by atoms with Crippen molar-refractivity contribution in [1.29, 1.82) is 0 Å². The van der Waals surface area contributed by atoms with Crippen molar-refractivity contribution in [2.24, 2.45) is 0 Å². The molecule has 184 valence electrons. The zero-order valence-electron chi connectivity index (χ0n) is 18.8. The molecular weight excluding hydrogens is 512 g/mol. The summed E-state index contributed by atoms with van der Waals surface area (Å²) in [6.07, 6.45) is 0. The first-order chi connectivity index (χ1) is 16.7. The van der Waals surface area contributed by atoms with Crippen molar-refractivity contribution in [3.63, 3.8) is 0 Å². The first-order valence-electron chi connectivity index (χ1n) is 11.0. The van der Waals surface area contributed by atoms with E-state index in [1.54, 1.807) is 17.0 Å². The van der Waals surface area contributed by atoms with E-state index in [0.717, 1.165) is 9.99 Å². The summed E-state index contributed by atoms with van der Waals surface area (Å²) >= 11 is 12.0. The molecule has 10 heteroatoms. The second-order valence-electron chi connectivity index (χ2n) is 8.17. The van der Waals surface area contributed by atoms with Gasteiger partial charge in [-0.05, 0) is 48.5 Å². The average molecular weight is 536 g/mol. The van der Waals surface area contributed by atoms with E-state index in [4.69, 9.17) is 23.2 Å². The van der Waals surface area contributed by atoms with Gasteiger partial charge in [-0.15, -0.1) is 0 Å². The van der Waals surface area contributed by atoms with Crippen LogP contribution in [0.5, 0.6) is 0 Å². The van der Waals surface area contributed by atoms with Crippen molar-refractivity contribution in [2.45, 2.75) is 11.4 Å². The van der Waals surface area contributed by atoms with Crippen molar-refractivity contribution >= 4 is 44.8 Å². The summed E-state index contributed by atoms with van der Waals surface area (Å²) < 4.78 is 42.2. The van der Waals surface area contributed by atoms with Gasteiger partial charge in [0.1, 0.15) is 5.82 Å². The highest BCUT2D eigenvalue weighted by molar-refractivity contribution is 7.89. The molecule has 0 spiro atoms. The maximum Gasteiger partial charge on any atom is 0.243 e. The number of carbonyl (C=O) groups excluding carboxylic acids is 1. The van der Waals surface area contributed by atoms with E-state index in [1.807, 2.05) is 18.2 Å². The highest BCUT2D eigenvalue weighted by Crippen LogP contribution is 2.23. The first-order valence-corrected chi connectivity index (χ1v) is 13.2. The Morgan fingerprint density at radius 2 is 1.57 bits per heavy atom. The molecule has 3 aromatic carbocycles. The van der Waals surface area contributed by atoms with E-state index in [2.05, 4.69) is 4.90 Å². The van der Waals surface area contributed by atoms with Gasteiger partial charge in [0, 0.05) is 54.0 Å². The quantitative estimate of drug-likeness (QED) is 0.441. The van der Waals surface area contributed by atoms with Gasteiger partial charge in [-0.1, -0.05) is 47.5 Å². The van der Waals surface area contributed by atoms with Gasteiger partial charge in [0.05, 0.1) is 11.4 Å². The number of piperazine rings is 1. The number of amides is 1. The number of anilines is 1. The van der Waals surface area contributed by atoms with Crippen LogP contribution in [0.25, 0.3) is 0 Å². The molecule has 6 nitrogen and oxygen atoms in total. The van der Waals surface area contributed by atoms with Crippen molar-refractivity contribution in [3.8, 4) is 0 Å². The maximum atomic E-state index is 14.4. The third-order valence-corrected chi connectivity index (χ3v) is 8.17. The molecule has 1 aliphatic heterocycles. The molecule has 0 saturated carbocycles. The fraction of sp³-hybridized carbons (Fsp3) is 0.240. The van der Waals surface area contributed by atoms with E-state index in [1.165, 1.54) is 42.5 Å². The summed E-state index contributed by atoms with van der Waals surface area (Å²) in [5.41, 5.74) is 1.15. The molecular formula is C25H24Cl2FN3O3S. The smallest absolute Gasteiger partial charge is 0.243 e. The zero-order valence-corrected chi connectivity index (χ0v) is 21.1. The number of halogens is 3. The molecule has 0 radical (unpaired) electrons. The highest BCUT2D eigenvalue weighted by Gasteiger charge is 2.30. The normalized spacial score (nSPS) is 14.4. The van der Waals surface area contributed by atoms with Gasteiger partial charge in [-0.2, -0.15) is 4.31 Å². The molecule has 1 aliphatic rings. The lowest BCUT2D eigenvalue weighted by Gasteiger charge is -2.37. The minimum atomic E-state index is -4.09. The van der Waals surface area contributed by atoms with Crippen LogP contribution in [0.4, 0.5) is 10.1 Å². The monoisotopic (exact) mass is 535 g/mol. The fourth-order valence-corrected chi connectivity index (χ4v) is 5.61. The lowest BCUT2D eigenvalue weighted by atomic mass is 10.2. The second kappa shape index (κ2) is 11.0. The molecule has 4 rings (SSSR count). The van der Waals surface area contributed by atoms with Crippen LogP contribution in [0.3, 0.4) is 0 Å². The van der Waals surface area contributed by atoms with Gasteiger partial charge in [-0.3, -0.25) is 4.79 Å². The fourth-order valence-electron chi connectivity index (χ4n) is 3.94. The number of carbonyl (C=O) groups is 1. The Labute approximate surface area is 214 Å². The Kier molecular flexibility index (Phi) is 7.96. The molecule has 3 aromatic rings. The minimum Gasteiger partial charge on any atom is -0.368 e. The molecule has 1 saturated heterocycles. The summed E-state index contributed by atoms with van der Waals surface area (Å²) in [4.78, 5) is 16.9. The van der Waals surface area contributed by atoms with E-state index in [0.29, 0.717) is 36.2 Å². The van der Waals surface area contributed by atoms with Gasteiger partial charge in [0.2, 0.25) is 15.9 Å². The Balaban J connectivity index is 1.51. The van der Waals surface area contributed by atoms with Crippen LogP contribution in [0.15, 0.2) is 77.7 Å². The molecule has 0 aliphatic carbocycles. The van der Waals surface area contributed by atoms with E-state index >= 15 is 0 Å². The summed E-state index contributed by atoms with van der Waals surface area (Å²) in [5.74, 6) is -0.879. The van der Waals surface area contributed by atoms with Crippen LogP contribution in [0.2, 0.25) is 10.0 Å². The zero-order chi connectivity index (χ0) is 25.0. The summed E-state index contributed by atoms with van der Waals surface area (Å²) in [5, 5.41) is 1.02. The summed E-state index contributed by atoms with van der Waals surface area (Å²) in [7, 11) is -4.09. The molecule has 0 atom stereocenters. The highest BCUT2D eigenvalue weighted by atomic mass is 35.5. The number of rotatable bonds is 7. The topological polar surface area (TPSA) is 60.9 Å². The van der Waals surface area contributed by atoms with Gasteiger partial charge in [0.15, 0.2) is 0 Å². The molecule has 35 heavy (non-hydrogen) atoms. The lowest BCUT2D eigenvalue weighted by molar-refractivity contribution is -0.131. The predicted molar refractivity (Wildman–Crippen MR) is 136 cm³/mol. The number of nitrogens with zero attached hydrogens (tertiary/aromatic N) is 3. The summed E-state index contributed by atoms with van der Waals surface area (Å²) in [6.45, 7) is 1.36. The van der Waals surface area contributed by atoms with Crippen LogP contribution < -0.4 is 4.90 Å². The Bertz CT molecular complexity index is 1300. The molecule has 1 heterocycles. The largest absolute Gasteiger partial charge is 0.368 e. The minimum absolute atomic E-state index is 0.0168. The van der Waals surface area contributed by atoms with Gasteiger partial charge in [-0.25, -0.2) is 12.8 Å². The van der Waals surface area contributed by atoms with E-state index in [9.17, 15) is 17.6 Å². The van der Waals surface area contributed by atoms with Gasteiger partial charge in [0.25, 0.3) is 0 Å². The number of sulfonamides is 1. The molecule has 1 fully saturated rings. The van der Waals surface area contributed by atoms with Gasteiger partial charge < -0.3 is 9.80 Å². The van der Waals surface area contributed by atoms with E-state index < -0.39 is 22.4 Å². The van der Waals surface area contributed by atoms with Gasteiger partial charge >= 0.3 is 0 Å². The Morgan fingerprint density at radius 1 is 0.886 bits per heavy atom. The lowest BCUT2D eigenvalue weighted by Crippen LogP contribution is -2.51. The standard InChI is InChI=1S/C25H24Cl2FN3O3S/c26-20-8-10-23(11-9-20)35(33,34)31(17-19-4-1-2-7-24(19)28)18-25(32)30-14-12-29(13-15-30)22-6-3-5-21(27)16-22/h1-11,16H,12-15,17-18H2. The number of hydrogen-bond acceptors (Lipinski definition) is 4. The number of benzene rings is 3. The molecule has 0 N–H and O–H groups in total. The average Bonchev–Trinajstić information content (AvgIpc) is 2.85. The SMILES string of the molecule is O=C(CN(Cc1ccccc1F)S(=O)(=O)c1ccc(Cl)cc1)N1CCN(c2cccc(Cl)c2)CC1. The summed E-state index contributed by atoms with van der Waals surface area (Å²) in [6, 6.07) is 19.1. The van der Waals surface area contributed by atoms with Crippen molar-refractivity contribution in [1.82, 2.24) is 9.21 Å². The molecule has 0 bridgehead atoms. The predicted octanol–water partition coefficient (Wildman–Crippen LogP) is 4.67. The third kappa shape index (κ3) is 6.13. The Morgan fingerprint density at radius 3 is 2.23 bits per heavy atom. The Hall–Kier alpha value is -2.65. The van der Waals surface area contributed by atoms with Crippen molar-refractivity contribution in [3.05, 3.63) is 94.2 Å². The molecule has 1 amide bonds. The van der Waals surface area contributed by atoms with Crippen LogP contribution in [-0.2, 0) is 21.4 Å². The maximum absolute atomic E-state index is 14.4. The van der Waals surface area contributed by atoms with E-state index in [-0.39, 0.29) is 22.9 Å². The van der Waals surface area contributed by atoms with Crippen molar-refractivity contribution in [2.75, 3.05) is 37.6 Å². The van der Waals surface area contributed by atoms with Crippen LogP contribution >= 0.6 is 23.2 Å². The molecule has 0 aromatic heterocycles. The van der Waals surface area contributed by atoms with Crippen LogP contribution in [0.1, 0.15) is 5.56 Å². The number of hydrogen-bond donors (Lipinski definition) is 0. The van der Waals surface area contributed by atoms with Crippen molar-refractivity contribution < 1.29 is 17.6 Å².